The first-order chi connectivity index (χ1) is 14.3. The number of carbonyl (C=O) groups excluding carboxylic acids is 1. The number of thiazole rings is 1. The number of benzene rings is 1. The van der Waals surface area contributed by atoms with E-state index >= 15 is 0 Å². The van der Waals surface area contributed by atoms with E-state index < -0.39 is 5.67 Å². The molecule has 0 amide bonds. The molecule has 0 aliphatic carbocycles. The van der Waals surface area contributed by atoms with E-state index in [4.69, 9.17) is 0 Å². The van der Waals surface area contributed by atoms with E-state index in [-0.39, 0.29) is 28.7 Å². The molecule has 1 saturated heterocycles. The first kappa shape index (κ1) is 20.7. The smallest absolute Gasteiger partial charge is 0.280 e. The normalized spacial score (nSPS) is 17.1. The largest absolute Gasteiger partial charge is 0.338 e. The van der Waals surface area contributed by atoms with Gasteiger partial charge in [0.1, 0.15) is 5.82 Å². The molecule has 3 aromatic rings. The predicted molar refractivity (Wildman–Crippen MR) is 117 cm³/mol. The Kier molecular flexibility index (Phi) is 5.44. The van der Waals surface area contributed by atoms with Gasteiger partial charge in [-0.05, 0) is 38.7 Å². The van der Waals surface area contributed by atoms with Crippen LogP contribution < -0.4 is 10.5 Å². The SMILES string of the molecule is Cn1c(C(C)(C)F)nc2sc(N3CCC[C@@H]3C(=O)CCc3ccccc3)nc2c1=O. The third-order valence-corrected chi connectivity index (χ3v) is 6.52. The second-order valence-electron chi connectivity index (χ2n) is 8.23. The molecule has 0 radical (unpaired) electrons. The lowest BCUT2D eigenvalue weighted by Crippen LogP contribution is -2.36. The Balaban J connectivity index is 1.60. The molecule has 1 aliphatic rings. The van der Waals surface area contributed by atoms with Crippen LogP contribution in [-0.4, -0.2) is 32.9 Å². The molecule has 2 aromatic heterocycles. The summed E-state index contributed by atoms with van der Waals surface area (Å²) in [5.74, 6) is 0.258. The van der Waals surface area contributed by atoms with Crippen molar-refractivity contribution in [1.29, 1.82) is 0 Å². The first-order valence-electron chi connectivity index (χ1n) is 10.2. The average Bonchev–Trinajstić information content (AvgIpc) is 3.35. The number of hydrogen-bond donors (Lipinski definition) is 0. The zero-order valence-corrected chi connectivity index (χ0v) is 18.2. The van der Waals surface area contributed by atoms with Crippen molar-refractivity contribution < 1.29 is 9.18 Å². The van der Waals surface area contributed by atoms with Crippen LogP contribution in [-0.2, 0) is 23.9 Å². The van der Waals surface area contributed by atoms with Crippen LogP contribution in [0.5, 0.6) is 0 Å². The number of anilines is 1. The molecular weight excluding hydrogens is 403 g/mol. The van der Waals surface area contributed by atoms with Crippen molar-refractivity contribution in [2.24, 2.45) is 7.05 Å². The van der Waals surface area contributed by atoms with Crippen molar-refractivity contribution in [3.05, 3.63) is 52.1 Å². The Bertz CT molecular complexity index is 1130. The Morgan fingerprint density at radius 1 is 1.27 bits per heavy atom. The summed E-state index contributed by atoms with van der Waals surface area (Å²) in [5, 5.41) is 0.610. The summed E-state index contributed by atoms with van der Waals surface area (Å²) in [4.78, 5) is 36.9. The van der Waals surface area contributed by atoms with Gasteiger partial charge in [0.25, 0.3) is 5.56 Å². The van der Waals surface area contributed by atoms with Crippen LogP contribution in [0.3, 0.4) is 0 Å². The number of carbonyl (C=O) groups is 1. The summed E-state index contributed by atoms with van der Waals surface area (Å²) < 4.78 is 15.7. The van der Waals surface area contributed by atoms with Crippen molar-refractivity contribution in [1.82, 2.24) is 14.5 Å². The summed E-state index contributed by atoms with van der Waals surface area (Å²) in [6.45, 7) is 3.47. The van der Waals surface area contributed by atoms with Crippen molar-refractivity contribution in [2.75, 3.05) is 11.4 Å². The monoisotopic (exact) mass is 428 g/mol. The minimum atomic E-state index is -1.74. The summed E-state index contributed by atoms with van der Waals surface area (Å²) >= 11 is 1.25. The molecule has 1 aromatic carbocycles. The fourth-order valence-corrected chi connectivity index (χ4v) is 5.01. The summed E-state index contributed by atoms with van der Waals surface area (Å²) in [7, 11) is 1.51. The molecule has 0 saturated carbocycles. The molecule has 158 valence electrons. The number of ketones is 1. The van der Waals surface area contributed by atoms with Gasteiger partial charge in [-0.2, -0.15) is 0 Å². The van der Waals surface area contributed by atoms with Gasteiger partial charge in [-0.3, -0.25) is 14.2 Å². The highest BCUT2D eigenvalue weighted by Crippen LogP contribution is 2.33. The maximum absolute atomic E-state index is 14.5. The molecule has 6 nitrogen and oxygen atoms in total. The number of Topliss-reactive ketones (excluding diaryl/α,β-unsaturated/α-hetero) is 1. The molecule has 1 fully saturated rings. The Morgan fingerprint density at radius 3 is 2.70 bits per heavy atom. The third kappa shape index (κ3) is 3.88. The molecule has 0 N–H and O–H groups in total. The maximum atomic E-state index is 14.5. The predicted octanol–water partition coefficient (Wildman–Crippen LogP) is 3.77. The third-order valence-electron chi connectivity index (χ3n) is 5.54. The zero-order valence-electron chi connectivity index (χ0n) is 17.4. The summed E-state index contributed by atoms with van der Waals surface area (Å²) in [6.07, 6.45) is 2.85. The van der Waals surface area contributed by atoms with Gasteiger partial charge in [0, 0.05) is 20.0 Å². The van der Waals surface area contributed by atoms with Gasteiger partial charge in [-0.1, -0.05) is 41.7 Å². The van der Waals surface area contributed by atoms with Crippen LogP contribution in [0, 0.1) is 0 Å². The molecule has 3 heterocycles. The van der Waals surface area contributed by atoms with E-state index in [2.05, 4.69) is 9.97 Å². The van der Waals surface area contributed by atoms with E-state index in [0.29, 0.717) is 29.3 Å². The lowest BCUT2D eigenvalue weighted by Gasteiger charge is -2.22. The lowest BCUT2D eigenvalue weighted by molar-refractivity contribution is -0.120. The van der Waals surface area contributed by atoms with Crippen molar-refractivity contribution in [3.63, 3.8) is 0 Å². The highest BCUT2D eigenvalue weighted by atomic mass is 32.1. The van der Waals surface area contributed by atoms with E-state index in [1.807, 2.05) is 35.2 Å². The van der Waals surface area contributed by atoms with E-state index in [1.165, 1.54) is 36.8 Å². The minimum Gasteiger partial charge on any atom is -0.338 e. The van der Waals surface area contributed by atoms with Crippen LogP contribution >= 0.6 is 11.3 Å². The number of aromatic nitrogens is 3. The summed E-state index contributed by atoms with van der Waals surface area (Å²) in [5.41, 5.74) is -0.734. The van der Waals surface area contributed by atoms with Crippen molar-refractivity contribution in [3.8, 4) is 0 Å². The summed E-state index contributed by atoms with van der Waals surface area (Å²) in [6, 6.07) is 9.73. The van der Waals surface area contributed by atoms with Crippen molar-refractivity contribution >= 4 is 32.6 Å². The Hall–Kier alpha value is -2.61. The molecule has 30 heavy (non-hydrogen) atoms. The number of halogens is 1. The molecule has 1 atom stereocenters. The number of fused-ring (bicyclic) bond motifs is 1. The van der Waals surface area contributed by atoms with Crippen LogP contribution in [0.15, 0.2) is 35.1 Å². The van der Waals surface area contributed by atoms with Crippen LogP contribution in [0.1, 0.15) is 44.5 Å². The van der Waals surface area contributed by atoms with Gasteiger partial charge in [0.2, 0.25) is 0 Å². The second kappa shape index (κ2) is 7.91. The zero-order chi connectivity index (χ0) is 21.5. The fourth-order valence-electron chi connectivity index (χ4n) is 4.01. The van der Waals surface area contributed by atoms with Crippen LogP contribution in [0.4, 0.5) is 9.52 Å². The van der Waals surface area contributed by atoms with Gasteiger partial charge in [0.15, 0.2) is 26.9 Å². The molecule has 0 bridgehead atoms. The molecule has 0 spiro atoms. The quantitative estimate of drug-likeness (QED) is 0.598. The Labute approximate surface area is 178 Å². The maximum Gasteiger partial charge on any atom is 0.280 e. The van der Waals surface area contributed by atoms with Crippen molar-refractivity contribution in [2.45, 2.75) is 51.2 Å². The first-order valence-corrected chi connectivity index (χ1v) is 11.0. The standard InChI is InChI=1S/C22H25FN4O2S/c1-22(2,23)20-25-18-17(19(29)26(20)3)24-21(30-18)27-13-7-10-15(27)16(28)12-11-14-8-5-4-6-9-14/h4-6,8-9,15H,7,10-13H2,1-3H3/t15-/m1/s1. The average molecular weight is 429 g/mol. The number of aryl methyl sites for hydroxylation is 1. The van der Waals surface area contributed by atoms with E-state index in [9.17, 15) is 14.0 Å². The fraction of sp³-hybridized carbons (Fsp3) is 0.455. The van der Waals surface area contributed by atoms with Gasteiger partial charge >= 0.3 is 0 Å². The van der Waals surface area contributed by atoms with Crippen LogP contribution in [0.2, 0.25) is 0 Å². The molecule has 8 heteroatoms. The molecule has 0 unspecified atom stereocenters. The topological polar surface area (TPSA) is 68.1 Å². The van der Waals surface area contributed by atoms with E-state index in [0.717, 1.165) is 18.4 Å². The van der Waals surface area contributed by atoms with Gasteiger partial charge in [-0.15, -0.1) is 0 Å². The minimum absolute atomic E-state index is 0.0760. The lowest BCUT2D eigenvalue weighted by atomic mass is 10.0. The molecule has 4 rings (SSSR count). The van der Waals surface area contributed by atoms with Crippen LogP contribution in [0.25, 0.3) is 10.3 Å². The Morgan fingerprint density at radius 2 is 2.00 bits per heavy atom. The molecule has 1 aliphatic heterocycles. The number of hydrogen-bond acceptors (Lipinski definition) is 6. The highest BCUT2D eigenvalue weighted by Gasteiger charge is 2.33. The second-order valence-corrected chi connectivity index (χ2v) is 9.18. The van der Waals surface area contributed by atoms with Gasteiger partial charge in [0.05, 0.1) is 6.04 Å². The van der Waals surface area contributed by atoms with E-state index in [1.54, 1.807) is 0 Å². The van der Waals surface area contributed by atoms with Gasteiger partial charge in [-0.25, -0.2) is 14.4 Å². The highest BCUT2D eigenvalue weighted by molar-refractivity contribution is 7.21. The molecular formula is C22H25FN4O2S. The number of nitrogens with zero attached hydrogens (tertiary/aromatic N) is 4. The van der Waals surface area contributed by atoms with Gasteiger partial charge < -0.3 is 4.90 Å². The number of rotatable bonds is 6. The number of alkyl halides is 1.